The molecule has 2 unspecified atom stereocenters. The molecule has 27 heavy (non-hydrogen) atoms. The van der Waals surface area contributed by atoms with Crippen molar-refractivity contribution >= 4 is 22.6 Å². The van der Waals surface area contributed by atoms with Gasteiger partial charge in [0.25, 0.3) is 5.67 Å². The smallest absolute Gasteiger partial charge is 0.227 e. The van der Waals surface area contributed by atoms with Crippen molar-refractivity contribution < 1.29 is 39.5 Å². The van der Waals surface area contributed by atoms with Gasteiger partial charge in [0.15, 0.2) is 0 Å². The second-order valence-corrected chi connectivity index (χ2v) is 8.55. The van der Waals surface area contributed by atoms with E-state index in [-0.39, 0.29) is 6.42 Å². The summed E-state index contributed by atoms with van der Waals surface area (Å²) in [5.41, 5.74) is -5.64. The van der Waals surface area contributed by atoms with Crippen LogP contribution in [0.5, 0.6) is 0 Å². The average molecular weight is 528 g/mol. The van der Waals surface area contributed by atoms with Gasteiger partial charge in [-0.3, -0.25) is 0 Å². The minimum atomic E-state index is -6.62. The Balaban J connectivity index is 4.51. The summed E-state index contributed by atoms with van der Waals surface area (Å²) in [6.45, 7) is 2.09. The van der Waals surface area contributed by atoms with E-state index in [1.54, 1.807) is 0 Å². The van der Waals surface area contributed by atoms with Crippen LogP contribution in [0.25, 0.3) is 0 Å². The molecule has 0 aliphatic carbocycles. The molecule has 0 aromatic heterocycles. The SMILES string of the molecule is CCCCCCCCCCCC(I)CC(F)(C(F)(F)F)C(F)(F)C(F)(F)F. The highest BCUT2D eigenvalue weighted by Gasteiger charge is 2.80. The molecule has 164 valence electrons. The standard InChI is InChI=1S/C17H26F9I/c1-2-3-4-5-6-7-8-9-10-11-13(27)12-14(18,16(21,22)23)15(19,20)17(24,25)26/h13H,2-12H2,1H3. The molecule has 0 radical (unpaired) electrons. The summed E-state index contributed by atoms with van der Waals surface area (Å²) in [6.07, 6.45) is -6.70. The number of hydrogen-bond acceptors (Lipinski definition) is 0. The van der Waals surface area contributed by atoms with Gasteiger partial charge in [0, 0.05) is 10.3 Å². The summed E-state index contributed by atoms with van der Waals surface area (Å²) in [7, 11) is 0. The van der Waals surface area contributed by atoms with Gasteiger partial charge in [0.1, 0.15) is 0 Å². The van der Waals surface area contributed by atoms with Crippen molar-refractivity contribution in [3.05, 3.63) is 0 Å². The Morgan fingerprint density at radius 3 is 1.41 bits per heavy atom. The van der Waals surface area contributed by atoms with Gasteiger partial charge in [0.05, 0.1) is 0 Å². The summed E-state index contributed by atoms with van der Waals surface area (Å²) in [5, 5.41) is 0. The van der Waals surface area contributed by atoms with E-state index in [0.29, 0.717) is 12.8 Å². The highest BCUT2D eigenvalue weighted by molar-refractivity contribution is 14.1. The lowest BCUT2D eigenvalue weighted by Crippen LogP contribution is -2.62. The highest BCUT2D eigenvalue weighted by atomic mass is 127. The maximum Gasteiger partial charge on any atom is 0.457 e. The Morgan fingerprint density at radius 2 is 1.04 bits per heavy atom. The summed E-state index contributed by atoms with van der Waals surface area (Å²) in [6, 6.07) is 0. The summed E-state index contributed by atoms with van der Waals surface area (Å²) < 4.78 is 114. The van der Waals surface area contributed by atoms with Gasteiger partial charge in [-0.05, 0) is 6.42 Å². The number of hydrogen-bond donors (Lipinski definition) is 0. The van der Waals surface area contributed by atoms with E-state index in [0.717, 1.165) is 44.9 Å². The summed E-state index contributed by atoms with van der Waals surface area (Å²) in [4.78, 5) is 0. The molecule has 0 spiro atoms. The molecule has 0 aromatic rings. The number of halogens is 10. The van der Waals surface area contributed by atoms with E-state index in [2.05, 4.69) is 6.92 Å². The molecular weight excluding hydrogens is 502 g/mol. The first kappa shape index (κ1) is 27.1. The minimum absolute atomic E-state index is 0.0495. The van der Waals surface area contributed by atoms with Crippen LogP contribution in [0, 0.1) is 0 Å². The van der Waals surface area contributed by atoms with Crippen molar-refractivity contribution in [1.82, 2.24) is 0 Å². The average Bonchev–Trinajstić information content (AvgIpc) is 2.50. The zero-order valence-electron chi connectivity index (χ0n) is 15.1. The van der Waals surface area contributed by atoms with Crippen molar-refractivity contribution in [3.8, 4) is 0 Å². The van der Waals surface area contributed by atoms with Gasteiger partial charge >= 0.3 is 18.3 Å². The lowest BCUT2D eigenvalue weighted by molar-refractivity contribution is -0.384. The maximum atomic E-state index is 14.0. The third-order valence-electron chi connectivity index (χ3n) is 4.43. The first-order valence-corrected chi connectivity index (χ1v) is 10.3. The molecule has 10 heteroatoms. The topological polar surface area (TPSA) is 0 Å². The lowest BCUT2D eigenvalue weighted by Gasteiger charge is -2.37. The van der Waals surface area contributed by atoms with Crippen LogP contribution in [-0.2, 0) is 0 Å². The quantitative estimate of drug-likeness (QED) is 0.0973. The van der Waals surface area contributed by atoms with E-state index in [1.807, 2.05) is 0 Å². The lowest BCUT2D eigenvalue weighted by atomic mass is 9.89. The molecule has 0 aliphatic rings. The van der Waals surface area contributed by atoms with Crippen LogP contribution in [0.1, 0.15) is 77.6 Å². The monoisotopic (exact) mass is 528 g/mol. The van der Waals surface area contributed by atoms with Crippen LogP contribution in [0.15, 0.2) is 0 Å². The van der Waals surface area contributed by atoms with Crippen molar-refractivity contribution in [2.45, 2.75) is 105 Å². The van der Waals surface area contributed by atoms with Crippen molar-refractivity contribution in [3.63, 3.8) is 0 Å². The third-order valence-corrected chi connectivity index (χ3v) is 5.49. The molecule has 2 atom stereocenters. The fourth-order valence-electron chi connectivity index (χ4n) is 2.73. The molecule has 0 nitrogen and oxygen atoms in total. The van der Waals surface area contributed by atoms with Gasteiger partial charge in [-0.2, -0.15) is 35.1 Å². The number of unbranched alkanes of at least 4 members (excludes halogenated alkanes) is 8. The summed E-state index contributed by atoms with van der Waals surface area (Å²) in [5.74, 6) is -6.50. The van der Waals surface area contributed by atoms with Gasteiger partial charge < -0.3 is 0 Å². The Morgan fingerprint density at radius 1 is 0.630 bits per heavy atom. The Hall–Kier alpha value is 0.1000. The fraction of sp³-hybridized carbons (Fsp3) is 1.00. The van der Waals surface area contributed by atoms with Crippen molar-refractivity contribution in [2.75, 3.05) is 0 Å². The molecule has 0 aliphatic heterocycles. The van der Waals surface area contributed by atoms with E-state index in [1.165, 1.54) is 22.6 Å². The first-order valence-electron chi connectivity index (χ1n) is 9.05. The highest BCUT2D eigenvalue weighted by Crippen LogP contribution is 2.55. The van der Waals surface area contributed by atoms with Crippen LogP contribution < -0.4 is 0 Å². The van der Waals surface area contributed by atoms with E-state index in [4.69, 9.17) is 0 Å². The van der Waals surface area contributed by atoms with Gasteiger partial charge in [-0.1, -0.05) is 87.3 Å². The molecule has 0 saturated carbocycles. The fourth-order valence-corrected chi connectivity index (χ4v) is 3.78. The van der Waals surface area contributed by atoms with E-state index < -0.39 is 34.3 Å². The number of rotatable bonds is 13. The Kier molecular flexibility index (Phi) is 11.4. The van der Waals surface area contributed by atoms with Crippen LogP contribution in [0.3, 0.4) is 0 Å². The van der Waals surface area contributed by atoms with Crippen LogP contribution in [0.4, 0.5) is 39.5 Å². The largest absolute Gasteiger partial charge is 0.457 e. The molecule has 0 N–H and O–H groups in total. The molecule has 0 bridgehead atoms. The second kappa shape index (κ2) is 11.3. The Labute approximate surface area is 167 Å². The predicted octanol–water partition coefficient (Wildman–Crippen LogP) is 8.57. The molecule has 0 rings (SSSR count). The van der Waals surface area contributed by atoms with E-state index in [9.17, 15) is 39.5 Å². The minimum Gasteiger partial charge on any atom is -0.227 e. The zero-order valence-corrected chi connectivity index (χ0v) is 17.3. The zero-order chi connectivity index (χ0) is 21.4. The number of alkyl halides is 10. The normalized spacial score (nSPS) is 17.0. The van der Waals surface area contributed by atoms with Gasteiger partial charge in [0.2, 0.25) is 0 Å². The molecule has 0 heterocycles. The molecule has 0 saturated heterocycles. The van der Waals surface area contributed by atoms with Crippen molar-refractivity contribution in [2.24, 2.45) is 0 Å². The predicted molar refractivity (Wildman–Crippen MR) is 95.2 cm³/mol. The van der Waals surface area contributed by atoms with Crippen molar-refractivity contribution in [1.29, 1.82) is 0 Å². The van der Waals surface area contributed by atoms with Crippen LogP contribution in [-0.4, -0.2) is 27.9 Å². The second-order valence-electron chi connectivity index (χ2n) is 6.79. The molecule has 0 amide bonds. The van der Waals surface area contributed by atoms with E-state index >= 15 is 0 Å². The van der Waals surface area contributed by atoms with Crippen LogP contribution >= 0.6 is 22.6 Å². The maximum absolute atomic E-state index is 14.0. The third kappa shape index (κ3) is 8.16. The molecular formula is C17H26F9I. The molecule has 0 fully saturated rings. The first-order chi connectivity index (χ1) is 12.2. The van der Waals surface area contributed by atoms with Gasteiger partial charge in [-0.15, -0.1) is 0 Å². The molecule has 0 aromatic carbocycles. The van der Waals surface area contributed by atoms with Crippen LogP contribution in [0.2, 0.25) is 0 Å². The Bertz CT molecular complexity index is 406. The van der Waals surface area contributed by atoms with Gasteiger partial charge in [-0.25, -0.2) is 4.39 Å². The summed E-state index contributed by atoms with van der Waals surface area (Å²) >= 11 is 1.32.